The molecule has 0 unspecified atom stereocenters. The van der Waals surface area contributed by atoms with E-state index in [-0.39, 0.29) is 5.56 Å². The molecule has 0 aliphatic carbocycles. The van der Waals surface area contributed by atoms with Gasteiger partial charge in [-0.3, -0.25) is 4.98 Å². The molecule has 0 aliphatic heterocycles. The standard InChI is InChI=1S/C18H13NO2/c20-18(21)15-11-12-19-17(14-9-5-2-6-10-14)16(15)13-7-3-1-4-8-13/h1-12H,(H,20,21). The SMILES string of the molecule is O=C(O)c1ccnc(-c2ccccc2)c1-c1ccccc1. The van der Waals surface area contributed by atoms with E-state index in [1.54, 1.807) is 0 Å². The molecule has 3 nitrogen and oxygen atoms in total. The van der Waals surface area contributed by atoms with Crippen molar-refractivity contribution in [2.75, 3.05) is 0 Å². The Balaban J connectivity index is 2.31. The first-order valence-electron chi connectivity index (χ1n) is 6.60. The lowest BCUT2D eigenvalue weighted by atomic mass is 9.95. The highest BCUT2D eigenvalue weighted by molar-refractivity contribution is 6.00. The summed E-state index contributed by atoms with van der Waals surface area (Å²) in [6.07, 6.45) is 1.54. The molecule has 1 aromatic heterocycles. The fraction of sp³-hybridized carbons (Fsp3) is 0. The van der Waals surface area contributed by atoms with Crippen LogP contribution in [0.4, 0.5) is 0 Å². The first-order chi connectivity index (χ1) is 10.3. The van der Waals surface area contributed by atoms with Crippen molar-refractivity contribution >= 4 is 5.97 Å². The second kappa shape index (κ2) is 5.59. The van der Waals surface area contributed by atoms with E-state index in [1.807, 2.05) is 60.7 Å². The van der Waals surface area contributed by atoms with Gasteiger partial charge in [-0.1, -0.05) is 60.7 Å². The zero-order valence-corrected chi connectivity index (χ0v) is 11.2. The van der Waals surface area contributed by atoms with Crippen molar-refractivity contribution in [2.45, 2.75) is 0 Å². The van der Waals surface area contributed by atoms with Gasteiger partial charge in [0.1, 0.15) is 0 Å². The van der Waals surface area contributed by atoms with E-state index in [0.29, 0.717) is 11.3 Å². The van der Waals surface area contributed by atoms with Crippen LogP contribution in [0.25, 0.3) is 22.4 Å². The summed E-state index contributed by atoms with van der Waals surface area (Å²) in [6, 6.07) is 20.6. The molecule has 0 bridgehead atoms. The molecular formula is C18H13NO2. The molecule has 3 rings (SSSR count). The molecule has 0 aliphatic rings. The maximum absolute atomic E-state index is 11.6. The normalized spacial score (nSPS) is 10.3. The van der Waals surface area contributed by atoms with Crippen molar-refractivity contribution in [1.29, 1.82) is 0 Å². The fourth-order valence-corrected chi connectivity index (χ4v) is 2.35. The number of aromatic nitrogens is 1. The molecule has 3 aromatic rings. The minimum atomic E-state index is -0.951. The number of hydrogen-bond acceptors (Lipinski definition) is 2. The number of carboxylic acid groups (broad SMARTS) is 1. The summed E-state index contributed by atoms with van der Waals surface area (Å²) in [7, 11) is 0. The Hall–Kier alpha value is -2.94. The smallest absolute Gasteiger partial charge is 0.336 e. The molecule has 2 aromatic carbocycles. The van der Waals surface area contributed by atoms with Crippen LogP contribution in [0.1, 0.15) is 10.4 Å². The first kappa shape index (κ1) is 13.1. The zero-order valence-electron chi connectivity index (χ0n) is 11.2. The molecule has 0 amide bonds. The topological polar surface area (TPSA) is 50.2 Å². The quantitative estimate of drug-likeness (QED) is 0.782. The number of benzene rings is 2. The van der Waals surface area contributed by atoms with Gasteiger partial charge in [0.2, 0.25) is 0 Å². The van der Waals surface area contributed by atoms with E-state index < -0.39 is 5.97 Å². The highest BCUT2D eigenvalue weighted by Crippen LogP contribution is 2.33. The Morgan fingerprint density at radius 1 is 0.810 bits per heavy atom. The average molecular weight is 275 g/mol. The Kier molecular flexibility index (Phi) is 3.48. The van der Waals surface area contributed by atoms with Gasteiger partial charge in [-0.15, -0.1) is 0 Å². The Morgan fingerprint density at radius 2 is 1.38 bits per heavy atom. The van der Waals surface area contributed by atoms with Crippen LogP contribution in [0, 0.1) is 0 Å². The summed E-state index contributed by atoms with van der Waals surface area (Å²) >= 11 is 0. The van der Waals surface area contributed by atoms with Crippen LogP contribution in [0.2, 0.25) is 0 Å². The largest absolute Gasteiger partial charge is 0.478 e. The van der Waals surface area contributed by atoms with Gasteiger partial charge in [0.05, 0.1) is 11.3 Å². The van der Waals surface area contributed by atoms with Crippen LogP contribution >= 0.6 is 0 Å². The van der Waals surface area contributed by atoms with Gasteiger partial charge in [-0.05, 0) is 11.6 Å². The number of pyridine rings is 1. The monoisotopic (exact) mass is 275 g/mol. The van der Waals surface area contributed by atoms with Crippen LogP contribution in [-0.2, 0) is 0 Å². The molecule has 21 heavy (non-hydrogen) atoms. The number of rotatable bonds is 3. The predicted molar refractivity (Wildman–Crippen MR) is 82.1 cm³/mol. The van der Waals surface area contributed by atoms with E-state index >= 15 is 0 Å². The second-order valence-electron chi connectivity index (χ2n) is 4.62. The molecule has 0 saturated carbocycles. The van der Waals surface area contributed by atoms with Crippen molar-refractivity contribution in [3.8, 4) is 22.4 Å². The van der Waals surface area contributed by atoms with Gasteiger partial charge in [0.15, 0.2) is 0 Å². The average Bonchev–Trinajstić information content (AvgIpc) is 2.55. The minimum Gasteiger partial charge on any atom is -0.478 e. The molecule has 1 N–H and O–H groups in total. The Morgan fingerprint density at radius 3 is 1.95 bits per heavy atom. The van der Waals surface area contributed by atoms with Gasteiger partial charge < -0.3 is 5.11 Å². The van der Waals surface area contributed by atoms with Crippen molar-refractivity contribution < 1.29 is 9.90 Å². The van der Waals surface area contributed by atoms with Crippen molar-refractivity contribution in [3.63, 3.8) is 0 Å². The van der Waals surface area contributed by atoms with E-state index in [4.69, 9.17) is 0 Å². The second-order valence-corrected chi connectivity index (χ2v) is 4.62. The molecule has 0 radical (unpaired) electrons. The van der Waals surface area contributed by atoms with Crippen LogP contribution in [0.3, 0.4) is 0 Å². The van der Waals surface area contributed by atoms with Crippen molar-refractivity contribution in [2.24, 2.45) is 0 Å². The summed E-state index contributed by atoms with van der Waals surface area (Å²) in [6.45, 7) is 0. The third-order valence-corrected chi connectivity index (χ3v) is 3.29. The zero-order chi connectivity index (χ0) is 14.7. The molecule has 0 atom stereocenters. The van der Waals surface area contributed by atoms with E-state index in [9.17, 15) is 9.90 Å². The lowest BCUT2D eigenvalue weighted by Crippen LogP contribution is -2.02. The highest BCUT2D eigenvalue weighted by Gasteiger charge is 2.17. The number of hydrogen-bond donors (Lipinski definition) is 1. The van der Waals surface area contributed by atoms with Gasteiger partial charge in [-0.25, -0.2) is 4.79 Å². The number of carboxylic acids is 1. The number of aromatic carboxylic acids is 1. The molecule has 3 heteroatoms. The predicted octanol–water partition coefficient (Wildman–Crippen LogP) is 4.11. The molecule has 1 heterocycles. The van der Waals surface area contributed by atoms with Gasteiger partial charge in [-0.2, -0.15) is 0 Å². The summed E-state index contributed by atoms with van der Waals surface area (Å²) < 4.78 is 0. The van der Waals surface area contributed by atoms with Crippen LogP contribution < -0.4 is 0 Å². The van der Waals surface area contributed by atoms with Crippen molar-refractivity contribution in [3.05, 3.63) is 78.5 Å². The maximum Gasteiger partial charge on any atom is 0.336 e. The minimum absolute atomic E-state index is 0.259. The fourth-order valence-electron chi connectivity index (χ4n) is 2.35. The molecule has 0 spiro atoms. The van der Waals surface area contributed by atoms with Crippen molar-refractivity contribution in [1.82, 2.24) is 4.98 Å². The molecule has 0 saturated heterocycles. The van der Waals surface area contributed by atoms with Crippen LogP contribution in [0.5, 0.6) is 0 Å². The number of carbonyl (C=O) groups is 1. The van der Waals surface area contributed by atoms with Crippen LogP contribution in [-0.4, -0.2) is 16.1 Å². The van der Waals surface area contributed by atoms with Gasteiger partial charge >= 0.3 is 5.97 Å². The summed E-state index contributed by atoms with van der Waals surface area (Å²) in [5.74, 6) is -0.951. The molecule has 102 valence electrons. The van der Waals surface area contributed by atoms with Gasteiger partial charge in [0, 0.05) is 17.3 Å². The highest BCUT2D eigenvalue weighted by atomic mass is 16.4. The Labute approximate surface area is 122 Å². The summed E-state index contributed by atoms with van der Waals surface area (Å²) in [5, 5.41) is 9.47. The third-order valence-electron chi connectivity index (χ3n) is 3.29. The van der Waals surface area contributed by atoms with E-state index in [0.717, 1.165) is 11.1 Å². The van der Waals surface area contributed by atoms with Gasteiger partial charge in [0.25, 0.3) is 0 Å². The molecular weight excluding hydrogens is 262 g/mol. The first-order valence-corrected chi connectivity index (χ1v) is 6.60. The van der Waals surface area contributed by atoms with E-state index in [1.165, 1.54) is 12.3 Å². The third kappa shape index (κ3) is 2.54. The maximum atomic E-state index is 11.6. The summed E-state index contributed by atoms with van der Waals surface area (Å²) in [5.41, 5.74) is 3.34. The number of nitrogens with zero attached hydrogens (tertiary/aromatic N) is 1. The lowest BCUT2D eigenvalue weighted by Gasteiger charge is -2.12. The van der Waals surface area contributed by atoms with Crippen LogP contribution in [0.15, 0.2) is 72.9 Å². The van der Waals surface area contributed by atoms with E-state index in [2.05, 4.69) is 4.98 Å². The lowest BCUT2D eigenvalue weighted by molar-refractivity contribution is 0.0697. The Bertz CT molecular complexity index is 768. The molecule has 0 fully saturated rings. The summed E-state index contributed by atoms with van der Waals surface area (Å²) in [4.78, 5) is 16.0.